The van der Waals surface area contributed by atoms with Crippen LogP contribution in [0.1, 0.15) is 0 Å². The molecule has 0 spiro atoms. The molecule has 0 radical (unpaired) electrons. The molecule has 0 amide bonds. The Morgan fingerprint density at radius 1 is 1.47 bits per heavy atom. The van der Waals surface area contributed by atoms with Gasteiger partial charge < -0.3 is 10.8 Å². The van der Waals surface area contributed by atoms with Crippen LogP contribution >= 0.6 is 11.6 Å². The SMILES string of the molecule is Nc1cc(-c2cccc(Cl)c2)nn1CC(=O)O. The number of carbonyl (C=O) groups is 1. The van der Waals surface area contributed by atoms with Gasteiger partial charge in [0.05, 0.1) is 5.69 Å². The van der Waals surface area contributed by atoms with E-state index in [4.69, 9.17) is 22.4 Å². The molecule has 88 valence electrons. The first-order valence-corrected chi connectivity index (χ1v) is 5.25. The maximum atomic E-state index is 10.6. The van der Waals surface area contributed by atoms with Crippen molar-refractivity contribution in [2.24, 2.45) is 0 Å². The van der Waals surface area contributed by atoms with Crippen LogP contribution in [0.2, 0.25) is 5.02 Å². The van der Waals surface area contributed by atoms with Crippen molar-refractivity contribution >= 4 is 23.4 Å². The summed E-state index contributed by atoms with van der Waals surface area (Å²) in [6, 6.07) is 8.74. The van der Waals surface area contributed by atoms with E-state index in [1.807, 2.05) is 6.07 Å². The van der Waals surface area contributed by atoms with E-state index in [1.54, 1.807) is 24.3 Å². The number of aromatic nitrogens is 2. The molecule has 0 bridgehead atoms. The van der Waals surface area contributed by atoms with E-state index < -0.39 is 5.97 Å². The molecule has 6 heteroatoms. The highest BCUT2D eigenvalue weighted by molar-refractivity contribution is 6.30. The van der Waals surface area contributed by atoms with Crippen LogP contribution < -0.4 is 5.73 Å². The van der Waals surface area contributed by atoms with Crippen LogP contribution in [0.25, 0.3) is 11.3 Å². The Morgan fingerprint density at radius 3 is 2.88 bits per heavy atom. The standard InChI is InChI=1S/C11H10ClN3O2/c12-8-3-1-2-7(4-8)9-5-10(13)15(14-9)6-11(16)17/h1-5H,6,13H2,(H,16,17). The Balaban J connectivity index is 2.37. The van der Waals surface area contributed by atoms with E-state index in [9.17, 15) is 4.79 Å². The van der Waals surface area contributed by atoms with Crippen molar-refractivity contribution in [3.05, 3.63) is 35.4 Å². The summed E-state index contributed by atoms with van der Waals surface area (Å²) in [7, 11) is 0. The summed E-state index contributed by atoms with van der Waals surface area (Å²) in [5.74, 6) is -0.681. The number of halogens is 1. The lowest BCUT2D eigenvalue weighted by molar-refractivity contribution is -0.137. The number of carboxylic acid groups (broad SMARTS) is 1. The summed E-state index contributed by atoms with van der Waals surface area (Å²) in [4.78, 5) is 10.6. The van der Waals surface area contributed by atoms with Gasteiger partial charge in [-0.2, -0.15) is 5.10 Å². The minimum Gasteiger partial charge on any atom is -0.480 e. The maximum Gasteiger partial charge on any atom is 0.325 e. The van der Waals surface area contributed by atoms with Crippen molar-refractivity contribution < 1.29 is 9.90 Å². The zero-order valence-electron chi connectivity index (χ0n) is 8.80. The first-order chi connectivity index (χ1) is 8.06. The molecule has 2 rings (SSSR count). The van der Waals surface area contributed by atoms with E-state index in [-0.39, 0.29) is 6.54 Å². The van der Waals surface area contributed by atoms with Gasteiger partial charge in [-0.3, -0.25) is 4.79 Å². The molecule has 1 heterocycles. The molecule has 2 aromatic rings. The second-order valence-electron chi connectivity index (χ2n) is 3.52. The highest BCUT2D eigenvalue weighted by Crippen LogP contribution is 2.23. The molecule has 0 unspecified atom stereocenters. The van der Waals surface area contributed by atoms with E-state index in [2.05, 4.69) is 5.10 Å². The molecule has 0 saturated heterocycles. The number of anilines is 1. The number of hydrogen-bond donors (Lipinski definition) is 2. The largest absolute Gasteiger partial charge is 0.480 e. The lowest BCUT2D eigenvalue weighted by Gasteiger charge is -1.98. The molecule has 5 nitrogen and oxygen atoms in total. The molecule has 0 aliphatic heterocycles. The molecule has 1 aromatic carbocycles. The molecule has 0 fully saturated rings. The predicted octanol–water partition coefficient (Wildman–Crippen LogP) is 1.87. The Bertz CT molecular complexity index is 566. The average Bonchev–Trinajstić information content (AvgIpc) is 2.59. The van der Waals surface area contributed by atoms with Gasteiger partial charge in [-0.25, -0.2) is 4.68 Å². The van der Waals surface area contributed by atoms with Crippen LogP contribution in [0, 0.1) is 0 Å². The number of carboxylic acids is 1. The van der Waals surface area contributed by atoms with Gasteiger partial charge in [0.15, 0.2) is 0 Å². The number of nitrogens with two attached hydrogens (primary N) is 1. The first-order valence-electron chi connectivity index (χ1n) is 4.87. The zero-order chi connectivity index (χ0) is 12.4. The highest BCUT2D eigenvalue weighted by atomic mass is 35.5. The number of nitrogens with zero attached hydrogens (tertiary/aromatic N) is 2. The number of nitrogen functional groups attached to an aromatic ring is 1. The summed E-state index contributed by atoms with van der Waals surface area (Å²) < 4.78 is 1.23. The van der Waals surface area contributed by atoms with Crippen LogP contribution in [0.3, 0.4) is 0 Å². The van der Waals surface area contributed by atoms with Crippen molar-refractivity contribution in [2.75, 3.05) is 5.73 Å². The maximum absolute atomic E-state index is 10.6. The molecule has 0 aliphatic rings. The number of hydrogen-bond acceptors (Lipinski definition) is 3. The molecular weight excluding hydrogens is 242 g/mol. The first kappa shape index (κ1) is 11.5. The lowest BCUT2D eigenvalue weighted by Crippen LogP contribution is -2.12. The predicted molar refractivity (Wildman–Crippen MR) is 64.7 cm³/mol. The van der Waals surface area contributed by atoms with Gasteiger partial charge in [0.1, 0.15) is 12.4 Å². The number of aliphatic carboxylic acids is 1. The minimum absolute atomic E-state index is 0.258. The third-order valence-electron chi connectivity index (χ3n) is 2.22. The zero-order valence-corrected chi connectivity index (χ0v) is 9.55. The van der Waals surface area contributed by atoms with Crippen molar-refractivity contribution in [3.8, 4) is 11.3 Å². The summed E-state index contributed by atoms with van der Waals surface area (Å²) in [5, 5.41) is 13.4. The van der Waals surface area contributed by atoms with Gasteiger partial charge in [0.25, 0.3) is 0 Å². The van der Waals surface area contributed by atoms with Crippen molar-refractivity contribution in [2.45, 2.75) is 6.54 Å². The third kappa shape index (κ3) is 2.57. The minimum atomic E-state index is -0.988. The Morgan fingerprint density at radius 2 is 2.24 bits per heavy atom. The van der Waals surface area contributed by atoms with Gasteiger partial charge in [-0.05, 0) is 12.1 Å². The van der Waals surface area contributed by atoms with E-state index in [0.29, 0.717) is 16.5 Å². The number of benzene rings is 1. The second kappa shape index (κ2) is 4.47. The quantitative estimate of drug-likeness (QED) is 0.873. The Labute approximate surface area is 102 Å². The van der Waals surface area contributed by atoms with Gasteiger partial charge in [0.2, 0.25) is 0 Å². The van der Waals surface area contributed by atoms with Crippen LogP contribution in [0.15, 0.2) is 30.3 Å². The van der Waals surface area contributed by atoms with Gasteiger partial charge in [-0.15, -0.1) is 0 Å². The van der Waals surface area contributed by atoms with Crippen LogP contribution in [0.4, 0.5) is 5.82 Å². The van der Waals surface area contributed by atoms with Gasteiger partial charge in [-0.1, -0.05) is 23.7 Å². The van der Waals surface area contributed by atoms with E-state index in [0.717, 1.165) is 5.56 Å². The normalized spacial score (nSPS) is 10.4. The fraction of sp³-hybridized carbons (Fsp3) is 0.0909. The topological polar surface area (TPSA) is 81.1 Å². The molecule has 3 N–H and O–H groups in total. The fourth-order valence-corrected chi connectivity index (χ4v) is 1.67. The summed E-state index contributed by atoms with van der Waals surface area (Å²) >= 11 is 5.87. The monoisotopic (exact) mass is 251 g/mol. The molecule has 0 atom stereocenters. The van der Waals surface area contributed by atoms with Gasteiger partial charge in [0, 0.05) is 16.7 Å². The van der Waals surface area contributed by atoms with Crippen LogP contribution in [-0.4, -0.2) is 20.9 Å². The average molecular weight is 252 g/mol. The third-order valence-corrected chi connectivity index (χ3v) is 2.45. The van der Waals surface area contributed by atoms with Gasteiger partial charge >= 0.3 is 5.97 Å². The highest BCUT2D eigenvalue weighted by Gasteiger charge is 2.09. The van der Waals surface area contributed by atoms with Crippen molar-refractivity contribution in [1.29, 1.82) is 0 Å². The van der Waals surface area contributed by atoms with Crippen LogP contribution in [-0.2, 0) is 11.3 Å². The molecule has 0 aliphatic carbocycles. The molecule has 0 saturated carbocycles. The Hall–Kier alpha value is -2.01. The second-order valence-corrected chi connectivity index (χ2v) is 3.95. The van der Waals surface area contributed by atoms with E-state index >= 15 is 0 Å². The fourth-order valence-electron chi connectivity index (χ4n) is 1.47. The molecular formula is C11H10ClN3O2. The summed E-state index contributed by atoms with van der Waals surface area (Å²) in [6.45, 7) is -0.258. The summed E-state index contributed by atoms with van der Waals surface area (Å²) in [5.41, 5.74) is 7.07. The lowest BCUT2D eigenvalue weighted by atomic mass is 10.1. The molecule has 17 heavy (non-hydrogen) atoms. The number of rotatable bonds is 3. The van der Waals surface area contributed by atoms with Crippen molar-refractivity contribution in [1.82, 2.24) is 9.78 Å². The van der Waals surface area contributed by atoms with E-state index in [1.165, 1.54) is 4.68 Å². The smallest absolute Gasteiger partial charge is 0.325 e. The Kier molecular flexibility index (Phi) is 3.01. The van der Waals surface area contributed by atoms with Crippen molar-refractivity contribution in [3.63, 3.8) is 0 Å². The van der Waals surface area contributed by atoms with Crippen LogP contribution in [0.5, 0.6) is 0 Å². The molecule has 1 aromatic heterocycles. The summed E-state index contributed by atoms with van der Waals surface area (Å²) in [6.07, 6.45) is 0.